The largest absolute Gasteiger partial charge is 0.115 e. The Bertz CT molecular complexity index is 76.3. The zero-order valence-electron chi connectivity index (χ0n) is 3.92. The Balaban J connectivity index is 4.01. The van der Waals surface area contributed by atoms with Gasteiger partial charge in [-0.2, -0.15) is 0 Å². The SMILES string of the molecule is IC(I)C(I)(I)C(I)I. The molecule has 0 fully saturated rings. The molecule has 0 aromatic rings. The molecule has 0 amide bonds. The molecule has 6 heteroatoms. The highest BCUT2D eigenvalue weighted by molar-refractivity contribution is 14.2. The summed E-state index contributed by atoms with van der Waals surface area (Å²) in [5.74, 6) is 0. The second kappa shape index (κ2) is 5.98. The van der Waals surface area contributed by atoms with Crippen LogP contribution in [0.25, 0.3) is 0 Å². The van der Waals surface area contributed by atoms with E-state index in [1.54, 1.807) is 0 Å². The molecule has 0 aliphatic rings. The van der Waals surface area contributed by atoms with Crippen molar-refractivity contribution in [1.29, 1.82) is 0 Å². The molecule has 0 heterocycles. The first kappa shape index (κ1) is 13.4. The van der Waals surface area contributed by atoms with E-state index in [9.17, 15) is 0 Å². The minimum Gasteiger partial charge on any atom is -0.0686 e. The Morgan fingerprint density at radius 1 is 0.778 bits per heavy atom. The predicted octanol–water partition coefficient (Wildman–Crippen LogP) is 4.94. The molecule has 0 bridgehead atoms. The first-order valence-electron chi connectivity index (χ1n) is 1.83. The smallest absolute Gasteiger partial charge is 0.0686 e. The molecule has 0 saturated carbocycles. The molecule has 0 unspecified atom stereocenters. The van der Waals surface area contributed by atoms with E-state index in [-0.39, 0.29) is 0 Å². The number of rotatable bonds is 2. The quantitative estimate of drug-likeness (QED) is 0.275. The molecule has 0 rings (SSSR count). The van der Waals surface area contributed by atoms with Crippen molar-refractivity contribution < 1.29 is 0 Å². The Morgan fingerprint density at radius 2 is 1.00 bits per heavy atom. The van der Waals surface area contributed by atoms with Gasteiger partial charge in [0.15, 0.2) is 0 Å². The third-order valence-corrected chi connectivity index (χ3v) is 16.5. The highest BCUT2D eigenvalue weighted by Crippen LogP contribution is 2.48. The van der Waals surface area contributed by atoms with Crippen molar-refractivity contribution in [2.45, 2.75) is 5.29 Å². The van der Waals surface area contributed by atoms with Crippen LogP contribution in [-0.2, 0) is 0 Å². The lowest BCUT2D eigenvalue weighted by atomic mass is 10.6. The summed E-state index contributed by atoms with van der Waals surface area (Å²) < 4.78 is 1.76. The van der Waals surface area contributed by atoms with E-state index < -0.39 is 0 Å². The number of alkyl halides is 6. The van der Waals surface area contributed by atoms with Crippen LogP contribution < -0.4 is 0 Å². The number of hydrogen-bond donors (Lipinski definition) is 0. The van der Waals surface area contributed by atoms with E-state index in [0.717, 1.165) is 0 Å². The molecule has 9 heavy (non-hydrogen) atoms. The number of halogens is 6. The zero-order chi connectivity index (χ0) is 7.65. The van der Waals surface area contributed by atoms with Crippen LogP contribution in [0, 0.1) is 0 Å². The molecular formula is C3H2I6. The van der Waals surface area contributed by atoms with Crippen molar-refractivity contribution in [3.05, 3.63) is 0 Å². The summed E-state index contributed by atoms with van der Waals surface area (Å²) in [7, 11) is 0. The van der Waals surface area contributed by atoms with Gasteiger partial charge in [-0.25, -0.2) is 0 Å². The lowest BCUT2D eigenvalue weighted by Gasteiger charge is -2.23. The average Bonchev–Trinajstić information content (AvgIpc) is 1.65. The first-order valence-corrected chi connectivity index (χ1v) is 8.97. The van der Waals surface area contributed by atoms with Crippen LogP contribution in [0.5, 0.6) is 0 Å². The fourth-order valence-electron chi connectivity index (χ4n) is 0.0952. The molecule has 0 aliphatic carbocycles. The lowest BCUT2D eigenvalue weighted by molar-refractivity contribution is 1.16. The molecule has 0 nitrogen and oxygen atoms in total. The van der Waals surface area contributed by atoms with Crippen LogP contribution in [0.3, 0.4) is 0 Å². The Morgan fingerprint density at radius 3 is 1.00 bits per heavy atom. The maximum Gasteiger partial charge on any atom is 0.115 e. The molecule has 0 saturated heterocycles. The summed E-state index contributed by atoms with van der Waals surface area (Å²) in [4.78, 5) is 0. The van der Waals surface area contributed by atoms with Gasteiger partial charge < -0.3 is 0 Å². The molecule has 0 radical (unpaired) electrons. The minimum absolute atomic E-state index is 0.387. The summed E-state index contributed by atoms with van der Waals surface area (Å²) >= 11 is 14.9. The first-order chi connectivity index (χ1) is 3.89. The van der Waals surface area contributed by atoms with Crippen LogP contribution in [0.1, 0.15) is 0 Å². The van der Waals surface area contributed by atoms with Crippen molar-refractivity contribution >= 4 is 136 Å². The summed E-state index contributed by atoms with van der Waals surface area (Å²) in [6, 6.07) is 0. The topological polar surface area (TPSA) is 0 Å². The molecule has 0 aliphatic heterocycles. The highest BCUT2D eigenvalue weighted by Gasteiger charge is 2.35. The van der Waals surface area contributed by atoms with Crippen LogP contribution in [0.4, 0.5) is 0 Å². The monoisotopic (exact) mass is 799 g/mol. The molecule has 0 aromatic carbocycles. The summed E-state index contributed by atoms with van der Waals surface area (Å²) in [5.41, 5.74) is 0. The van der Waals surface area contributed by atoms with Gasteiger partial charge in [0.25, 0.3) is 0 Å². The maximum atomic E-state index is 2.51. The fourth-order valence-corrected chi connectivity index (χ4v) is 4.29. The normalized spacial score (nSPS) is 13.3. The Kier molecular flexibility index (Phi) is 8.88. The van der Waals surface area contributed by atoms with Gasteiger partial charge in [-0.3, -0.25) is 0 Å². The van der Waals surface area contributed by atoms with E-state index in [2.05, 4.69) is 136 Å². The Labute approximate surface area is 137 Å². The third-order valence-electron chi connectivity index (χ3n) is 0.582. The van der Waals surface area contributed by atoms with Gasteiger partial charge in [-0.15, -0.1) is 0 Å². The summed E-state index contributed by atoms with van der Waals surface area (Å²) in [6.45, 7) is 0. The van der Waals surface area contributed by atoms with Crippen molar-refractivity contribution in [2.75, 3.05) is 0 Å². The van der Waals surface area contributed by atoms with E-state index in [1.807, 2.05) is 0 Å². The van der Waals surface area contributed by atoms with Crippen LogP contribution >= 0.6 is 136 Å². The van der Waals surface area contributed by atoms with Crippen molar-refractivity contribution in [3.8, 4) is 0 Å². The molecular weight excluding hydrogens is 797 g/mol. The predicted molar refractivity (Wildman–Crippen MR) is 94.4 cm³/mol. The van der Waals surface area contributed by atoms with Crippen molar-refractivity contribution in [2.24, 2.45) is 0 Å². The van der Waals surface area contributed by atoms with Crippen LogP contribution in [0.15, 0.2) is 0 Å². The average molecular weight is 799 g/mol. The van der Waals surface area contributed by atoms with Gasteiger partial charge in [0.05, 0.1) is 3.86 Å². The van der Waals surface area contributed by atoms with Crippen molar-refractivity contribution in [3.63, 3.8) is 0 Å². The van der Waals surface area contributed by atoms with Crippen LogP contribution in [-0.4, -0.2) is 5.29 Å². The van der Waals surface area contributed by atoms with Gasteiger partial charge in [0, 0.05) is 0 Å². The molecule has 0 spiro atoms. The lowest BCUT2D eigenvalue weighted by Crippen LogP contribution is -2.25. The van der Waals surface area contributed by atoms with Gasteiger partial charge in [0.2, 0.25) is 0 Å². The molecule has 0 aromatic heterocycles. The van der Waals surface area contributed by atoms with E-state index in [1.165, 1.54) is 0 Å². The van der Waals surface area contributed by atoms with E-state index in [0.29, 0.717) is 5.29 Å². The molecule has 0 N–H and O–H groups in total. The van der Waals surface area contributed by atoms with Gasteiger partial charge in [0.1, 0.15) is 1.43 Å². The number of hydrogen-bond acceptors (Lipinski definition) is 0. The van der Waals surface area contributed by atoms with Gasteiger partial charge in [-0.1, -0.05) is 136 Å². The molecule has 0 atom stereocenters. The van der Waals surface area contributed by atoms with E-state index >= 15 is 0 Å². The fraction of sp³-hybridized carbons (Fsp3) is 1.00. The summed E-state index contributed by atoms with van der Waals surface area (Å²) in [5, 5.41) is 0. The van der Waals surface area contributed by atoms with Gasteiger partial charge in [-0.05, 0) is 0 Å². The standard InChI is InChI=1S/C3H2I6/c4-1(5)3(8,9)2(6)7/h1-2H. The second-order valence-electron chi connectivity index (χ2n) is 1.28. The zero-order valence-corrected chi connectivity index (χ0v) is 16.9. The van der Waals surface area contributed by atoms with Crippen LogP contribution in [0.2, 0.25) is 0 Å². The Hall–Kier alpha value is 4.38. The third kappa shape index (κ3) is 4.97. The maximum absolute atomic E-state index is 2.51. The molecule has 56 valence electrons. The van der Waals surface area contributed by atoms with Crippen molar-refractivity contribution in [1.82, 2.24) is 0 Å². The van der Waals surface area contributed by atoms with Gasteiger partial charge >= 0.3 is 0 Å². The highest BCUT2D eigenvalue weighted by atomic mass is 127. The summed E-state index contributed by atoms with van der Waals surface area (Å²) in [6.07, 6.45) is 0. The second-order valence-corrected chi connectivity index (χ2v) is 16.7. The van der Waals surface area contributed by atoms with E-state index in [4.69, 9.17) is 0 Å². The minimum atomic E-state index is 0.387.